The second-order valence-corrected chi connectivity index (χ2v) is 8.96. The van der Waals surface area contributed by atoms with Crippen LogP contribution in [0.4, 0.5) is 0 Å². The maximum absolute atomic E-state index is 6.22. The third kappa shape index (κ3) is 3.69. The van der Waals surface area contributed by atoms with E-state index in [-0.39, 0.29) is 0 Å². The van der Waals surface area contributed by atoms with E-state index >= 15 is 0 Å². The highest BCUT2D eigenvalue weighted by Gasteiger charge is 2.16. The number of thioether (sulfide) groups is 1. The highest BCUT2D eigenvalue weighted by atomic mass is 35.5. The molecule has 0 bridgehead atoms. The van der Waals surface area contributed by atoms with Crippen LogP contribution < -0.4 is 0 Å². The topological polar surface area (TPSA) is 64.7 Å². The van der Waals surface area contributed by atoms with Gasteiger partial charge in [0.05, 0.1) is 16.3 Å². The van der Waals surface area contributed by atoms with Crippen molar-refractivity contribution in [3.63, 3.8) is 0 Å². The summed E-state index contributed by atoms with van der Waals surface area (Å²) in [5.41, 5.74) is 1.88. The monoisotopic (exact) mass is 436 g/mol. The van der Waals surface area contributed by atoms with Crippen molar-refractivity contribution in [2.24, 2.45) is 0 Å². The molecule has 9 heteroatoms. The molecule has 3 heterocycles. The lowest BCUT2D eigenvalue weighted by Gasteiger charge is -2.03. The van der Waals surface area contributed by atoms with E-state index in [0.717, 1.165) is 21.1 Å². The molecule has 0 aliphatic rings. The van der Waals surface area contributed by atoms with E-state index in [4.69, 9.17) is 27.6 Å². The Balaban J connectivity index is 1.60. The Hall–Kier alpha value is -1.67. The third-order valence-corrected chi connectivity index (χ3v) is 6.68. The van der Waals surface area contributed by atoms with Crippen LogP contribution in [-0.4, -0.2) is 20.2 Å². The standard InChI is InChI=1S/C18H14Cl2N4OS2/c1-8-9(2)27-18-15(8)17(21-10(3)22-18)26-7-14-23-24-16(25-14)12-5-4-11(19)6-13(12)20/h4-6H,7H2,1-3H3. The first-order valence-electron chi connectivity index (χ1n) is 8.07. The summed E-state index contributed by atoms with van der Waals surface area (Å²) in [6.07, 6.45) is 0. The minimum atomic E-state index is 0.374. The Kier molecular flexibility index (Phi) is 5.11. The molecule has 0 aliphatic heterocycles. The number of aryl methyl sites for hydroxylation is 3. The molecule has 0 fully saturated rings. The molecular weight excluding hydrogens is 423 g/mol. The molecule has 0 spiro atoms. The average molecular weight is 437 g/mol. The predicted octanol–water partition coefficient (Wildman–Crippen LogP) is 6.27. The summed E-state index contributed by atoms with van der Waals surface area (Å²) in [7, 11) is 0. The lowest BCUT2D eigenvalue weighted by Crippen LogP contribution is -1.92. The highest BCUT2D eigenvalue weighted by molar-refractivity contribution is 7.98. The fourth-order valence-electron chi connectivity index (χ4n) is 2.63. The van der Waals surface area contributed by atoms with Crippen LogP contribution in [0.25, 0.3) is 21.7 Å². The first-order valence-corrected chi connectivity index (χ1v) is 10.6. The molecule has 138 valence electrons. The van der Waals surface area contributed by atoms with Gasteiger partial charge in [-0.15, -0.1) is 21.5 Å². The lowest BCUT2D eigenvalue weighted by molar-refractivity contribution is 0.528. The van der Waals surface area contributed by atoms with Crippen molar-refractivity contribution >= 4 is 56.5 Å². The number of hydrogen-bond donors (Lipinski definition) is 0. The fourth-order valence-corrected chi connectivity index (χ4v) is 5.23. The van der Waals surface area contributed by atoms with Gasteiger partial charge in [0.2, 0.25) is 11.8 Å². The van der Waals surface area contributed by atoms with Crippen molar-refractivity contribution in [2.75, 3.05) is 0 Å². The number of rotatable bonds is 4. The molecule has 4 rings (SSSR count). The van der Waals surface area contributed by atoms with Crippen molar-refractivity contribution in [1.29, 1.82) is 0 Å². The summed E-state index contributed by atoms with van der Waals surface area (Å²) in [6.45, 7) is 6.11. The van der Waals surface area contributed by atoms with Crippen molar-refractivity contribution in [1.82, 2.24) is 20.2 Å². The van der Waals surface area contributed by atoms with Gasteiger partial charge in [-0.05, 0) is 44.5 Å². The molecule has 0 N–H and O–H groups in total. The Morgan fingerprint density at radius 2 is 1.93 bits per heavy atom. The summed E-state index contributed by atoms with van der Waals surface area (Å²) in [4.78, 5) is 11.4. The Labute approximate surface area is 174 Å². The van der Waals surface area contributed by atoms with E-state index in [0.29, 0.717) is 33.1 Å². The van der Waals surface area contributed by atoms with Gasteiger partial charge < -0.3 is 4.42 Å². The highest BCUT2D eigenvalue weighted by Crippen LogP contribution is 2.36. The molecular formula is C18H14Cl2N4OS2. The van der Waals surface area contributed by atoms with Gasteiger partial charge in [0.25, 0.3) is 0 Å². The summed E-state index contributed by atoms with van der Waals surface area (Å²) in [6, 6.07) is 5.16. The van der Waals surface area contributed by atoms with Crippen LogP contribution in [0, 0.1) is 20.8 Å². The van der Waals surface area contributed by atoms with E-state index in [1.807, 2.05) is 6.92 Å². The molecule has 1 aromatic carbocycles. The molecule has 0 unspecified atom stereocenters. The van der Waals surface area contributed by atoms with E-state index in [2.05, 4.69) is 34.0 Å². The summed E-state index contributed by atoms with van der Waals surface area (Å²) in [5, 5.41) is 11.3. The molecule has 0 saturated heterocycles. The van der Waals surface area contributed by atoms with Crippen LogP contribution in [0.5, 0.6) is 0 Å². The smallest absolute Gasteiger partial charge is 0.249 e. The van der Waals surface area contributed by atoms with Gasteiger partial charge in [0.15, 0.2) is 0 Å². The SMILES string of the molecule is Cc1nc(SCc2nnc(-c3ccc(Cl)cc3Cl)o2)c2c(C)c(C)sc2n1. The molecule has 3 aromatic heterocycles. The van der Waals surface area contributed by atoms with Crippen LogP contribution in [0.3, 0.4) is 0 Å². The summed E-state index contributed by atoms with van der Waals surface area (Å²) in [5.74, 6) is 2.15. The molecule has 0 atom stereocenters. The van der Waals surface area contributed by atoms with Crippen LogP contribution in [0.2, 0.25) is 10.0 Å². The number of aromatic nitrogens is 4. The zero-order valence-electron chi connectivity index (χ0n) is 14.7. The van der Waals surface area contributed by atoms with Gasteiger partial charge in [-0.3, -0.25) is 0 Å². The number of benzene rings is 1. The Bertz CT molecular complexity index is 1160. The van der Waals surface area contributed by atoms with Gasteiger partial charge in [-0.25, -0.2) is 9.97 Å². The first kappa shape index (κ1) is 18.7. The normalized spacial score (nSPS) is 11.4. The third-order valence-electron chi connectivity index (χ3n) is 4.07. The number of fused-ring (bicyclic) bond motifs is 1. The Morgan fingerprint density at radius 3 is 2.70 bits per heavy atom. The second kappa shape index (κ2) is 7.39. The fraction of sp³-hybridized carbons (Fsp3) is 0.222. The lowest BCUT2D eigenvalue weighted by atomic mass is 10.2. The first-order chi connectivity index (χ1) is 12.9. The van der Waals surface area contributed by atoms with Crippen LogP contribution in [-0.2, 0) is 5.75 Å². The van der Waals surface area contributed by atoms with Gasteiger partial charge in [-0.1, -0.05) is 35.0 Å². The largest absolute Gasteiger partial charge is 0.420 e. The maximum Gasteiger partial charge on any atom is 0.249 e. The van der Waals surface area contributed by atoms with Crippen LogP contribution in [0.15, 0.2) is 27.6 Å². The van der Waals surface area contributed by atoms with Crippen molar-refractivity contribution in [3.05, 3.63) is 50.4 Å². The van der Waals surface area contributed by atoms with Gasteiger partial charge in [0.1, 0.15) is 15.7 Å². The van der Waals surface area contributed by atoms with E-state index in [1.54, 1.807) is 41.3 Å². The second-order valence-electron chi connectivity index (χ2n) is 5.95. The van der Waals surface area contributed by atoms with Gasteiger partial charge >= 0.3 is 0 Å². The van der Waals surface area contributed by atoms with Gasteiger partial charge in [0, 0.05) is 15.3 Å². The van der Waals surface area contributed by atoms with Crippen LogP contribution >= 0.6 is 46.3 Å². The van der Waals surface area contributed by atoms with Gasteiger partial charge in [-0.2, -0.15) is 0 Å². The molecule has 4 aromatic rings. The van der Waals surface area contributed by atoms with Crippen molar-refractivity contribution in [2.45, 2.75) is 31.6 Å². The van der Waals surface area contributed by atoms with E-state index < -0.39 is 0 Å². The average Bonchev–Trinajstić information content (AvgIpc) is 3.18. The molecule has 0 amide bonds. The number of hydrogen-bond acceptors (Lipinski definition) is 7. The Morgan fingerprint density at radius 1 is 1.11 bits per heavy atom. The van der Waals surface area contributed by atoms with E-state index in [9.17, 15) is 0 Å². The quantitative estimate of drug-likeness (QED) is 0.277. The zero-order chi connectivity index (χ0) is 19.1. The zero-order valence-corrected chi connectivity index (χ0v) is 17.9. The molecule has 5 nitrogen and oxygen atoms in total. The maximum atomic E-state index is 6.22. The minimum Gasteiger partial charge on any atom is -0.420 e. The summed E-state index contributed by atoms with van der Waals surface area (Å²) >= 11 is 15.4. The minimum absolute atomic E-state index is 0.374. The van der Waals surface area contributed by atoms with Crippen molar-refractivity contribution < 1.29 is 4.42 Å². The van der Waals surface area contributed by atoms with E-state index in [1.165, 1.54) is 10.4 Å². The number of nitrogens with zero attached hydrogens (tertiary/aromatic N) is 4. The predicted molar refractivity (Wildman–Crippen MR) is 111 cm³/mol. The molecule has 0 aliphatic carbocycles. The van der Waals surface area contributed by atoms with Crippen LogP contribution in [0.1, 0.15) is 22.2 Å². The molecule has 27 heavy (non-hydrogen) atoms. The number of halogens is 2. The summed E-state index contributed by atoms with van der Waals surface area (Å²) < 4.78 is 5.78. The number of thiophene rings is 1. The molecule has 0 saturated carbocycles. The van der Waals surface area contributed by atoms with Crippen molar-refractivity contribution in [3.8, 4) is 11.5 Å². The molecule has 0 radical (unpaired) electrons.